The van der Waals surface area contributed by atoms with Gasteiger partial charge in [-0.2, -0.15) is 4.98 Å². The molecule has 0 saturated carbocycles. The molecule has 1 aliphatic rings. The number of carbonyl (C=O) groups is 2. The van der Waals surface area contributed by atoms with Gasteiger partial charge in [-0.05, 0) is 37.1 Å². The Morgan fingerprint density at radius 2 is 1.82 bits per heavy atom. The SMILES string of the molecule is CCOC(=O)C(Cc1ccccc1)(OC[C@H]1O[C@@H](n2ccc3c(N)nc(Cl)nc32)[C@@H](F)[C@@H]1O)C(=O)OCC. The number of aliphatic hydroxyl groups is 1. The minimum Gasteiger partial charge on any atom is -0.463 e. The van der Waals surface area contributed by atoms with Gasteiger partial charge in [-0.3, -0.25) is 0 Å². The number of hydrogen-bond acceptors (Lipinski definition) is 10. The van der Waals surface area contributed by atoms with Gasteiger partial charge in [0.25, 0.3) is 5.60 Å². The third kappa shape index (κ3) is 5.30. The van der Waals surface area contributed by atoms with Gasteiger partial charge in [0.05, 0.1) is 25.2 Å². The lowest BCUT2D eigenvalue weighted by atomic mass is 9.93. The fourth-order valence-electron chi connectivity index (χ4n) is 4.30. The quantitative estimate of drug-likeness (QED) is 0.219. The molecule has 11 nitrogen and oxygen atoms in total. The molecule has 0 unspecified atom stereocenters. The monoisotopic (exact) mass is 550 g/mol. The number of aliphatic hydroxyl groups excluding tert-OH is 1. The number of aromatic nitrogens is 3. The molecule has 0 amide bonds. The minimum absolute atomic E-state index is 0.0242. The van der Waals surface area contributed by atoms with E-state index in [-0.39, 0.29) is 36.4 Å². The Labute approximate surface area is 222 Å². The molecular formula is C25H28ClFN4O7. The van der Waals surface area contributed by atoms with Crippen molar-refractivity contribution in [1.29, 1.82) is 0 Å². The Balaban J connectivity index is 1.62. The molecule has 3 heterocycles. The zero-order valence-electron chi connectivity index (χ0n) is 20.8. The predicted molar refractivity (Wildman–Crippen MR) is 134 cm³/mol. The molecule has 0 aliphatic carbocycles. The van der Waals surface area contributed by atoms with Gasteiger partial charge in [0.1, 0.15) is 23.7 Å². The third-order valence-electron chi connectivity index (χ3n) is 6.14. The van der Waals surface area contributed by atoms with E-state index in [4.69, 9.17) is 36.3 Å². The van der Waals surface area contributed by atoms with Crippen LogP contribution in [0, 0.1) is 0 Å². The first kappa shape index (κ1) is 27.7. The van der Waals surface area contributed by atoms with Crippen LogP contribution in [0.3, 0.4) is 0 Å². The van der Waals surface area contributed by atoms with Crippen LogP contribution in [0.4, 0.5) is 10.2 Å². The van der Waals surface area contributed by atoms with Crippen molar-refractivity contribution >= 4 is 40.4 Å². The smallest absolute Gasteiger partial charge is 0.350 e. The largest absolute Gasteiger partial charge is 0.463 e. The number of hydrogen-bond donors (Lipinski definition) is 2. The van der Waals surface area contributed by atoms with Crippen LogP contribution in [0.1, 0.15) is 25.6 Å². The topological polar surface area (TPSA) is 148 Å². The van der Waals surface area contributed by atoms with Crippen molar-refractivity contribution in [2.24, 2.45) is 0 Å². The summed E-state index contributed by atoms with van der Waals surface area (Å²) in [4.78, 5) is 34.2. The Morgan fingerprint density at radius 1 is 1.16 bits per heavy atom. The maximum absolute atomic E-state index is 15.3. The van der Waals surface area contributed by atoms with Crippen LogP contribution in [0.2, 0.25) is 5.28 Å². The van der Waals surface area contributed by atoms with E-state index in [0.717, 1.165) is 0 Å². The fourth-order valence-corrected chi connectivity index (χ4v) is 4.47. The number of benzene rings is 1. The molecule has 13 heteroatoms. The number of anilines is 1. The zero-order valence-corrected chi connectivity index (χ0v) is 21.5. The van der Waals surface area contributed by atoms with Crippen molar-refractivity contribution in [3.63, 3.8) is 0 Å². The van der Waals surface area contributed by atoms with Crippen LogP contribution in [0.25, 0.3) is 11.0 Å². The van der Waals surface area contributed by atoms with Gasteiger partial charge in [-0.1, -0.05) is 30.3 Å². The highest BCUT2D eigenvalue weighted by Crippen LogP contribution is 2.36. The summed E-state index contributed by atoms with van der Waals surface area (Å²) in [6, 6.07) is 10.2. The van der Waals surface area contributed by atoms with Crippen LogP contribution in [-0.2, 0) is 35.0 Å². The molecule has 1 fully saturated rings. The summed E-state index contributed by atoms with van der Waals surface area (Å²) in [6.45, 7) is 2.59. The van der Waals surface area contributed by atoms with Crippen LogP contribution >= 0.6 is 11.6 Å². The van der Waals surface area contributed by atoms with E-state index in [1.54, 1.807) is 50.2 Å². The summed E-state index contributed by atoms with van der Waals surface area (Å²) in [5.41, 5.74) is 4.47. The summed E-state index contributed by atoms with van der Waals surface area (Å²) >= 11 is 5.92. The maximum atomic E-state index is 15.3. The molecule has 4 atom stereocenters. The first-order valence-corrected chi connectivity index (χ1v) is 12.4. The van der Waals surface area contributed by atoms with E-state index in [0.29, 0.717) is 10.9 Å². The molecule has 0 bridgehead atoms. The Hall–Kier alpha value is -3.32. The van der Waals surface area contributed by atoms with Crippen molar-refractivity contribution < 1.29 is 38.0 Å². The fraction of sp³-hybridized carbons (Fsp3) is 0.440. The number of nitrogen functional groups attached to an aromatic ring is 1. The van der Waals surface area contributed by atoms with Gasteiger partial charge in [-0.25, -0.2) is 19.0 Å². The first-order valence-electron chi connectivity index (χ1n) is 12.0. The average molecular weight is 551 g/mol. The van der Waals surface area contributed by atoms with Gasteiger partial charge < -0.3 is 34.4 Å². The Morgan fingerprint density at radius 3 is 2.45 bits per heavy atom. The van der Waals surface area contributed by atoms with Crippen molar-refractivity contribution in [2.75, 3.05) is 25.6 Å². The van der Waals surface area contributed by atoms with E-state index in [1.807, 2.05) is 0 Å². The standard InChI is InChI=1S/C25H28ClFN4O7/c1-3-35-22(33)25(23(34)36-4-2,12-14-8-6-5-7-9-14)37-13-16-18(32)17(27)21(38-16)31-11-10-15-19(28)29-24(26)30-20(15)31/h5-11,16-18,21,32H,3-4,12-13H2,1-2H3,(H2,28,29,30)/t16-,17+,18-,21-/m1/s1. The van der Waals surface area contributed by atoms with Crippen LogP contribution in [0.15, 0.2) is 42.6 Å². The lowest BCUT2D eigenvalue weighted by Gasteiger charge is -2.30. The Bertz CT molecular complexity index is 1270. The van der Waals surface area contributed by atoms with Crippen molar-refractivity contribution in [3.8, 4) is 0 Å². The minimum atomic E-state index is -2.21. The molecule has 2 aromatic heterocycles. The van der Waals surface area contributed by atoms with Crippen molar-refractivity contribution in [2.45, 2.75) is 50.5 Å². The highest BCUT2D eigenvalue weighted by Gasteiger charge is 2.53. The normalized spacial score (nSPS) is 21.5. The second-order valence-electron chi connectivity index (χ2n) is 8.58. The van der Waals surface area contributed by atoms with E-state index in [1.165, 1.54) is 10.8 Å². The molecule has 38 heavy (non-hydrogen) atoms. The molecule has 204 valence electrons. The Kier molecular flexibility index (Phi) is 8.46. The molecule has 1 saturated heterocycles. The number of nitrogens with two attached hydrogens (primary N) is 1. The summed E-state index contributed by atoms with van der Waals surface area (Å²) in [7, 11) is 0. The highest BCUT2D eigenvalue weighted by atomic mass is 35.5. The maximum Gasteiger partial charge on any atom is 0.350 e. The number of rotatable bonds is 10. The van der Waals surface area contributed by atoms with Crippen LogP contribution in [0.5, 0.6) is 0 Å². The lowest BCUT2D eigenvalue weighted by Crippen LogP contribution is -2.54. The molecule has 1 aromatic carbocycles. The van der Waals surface area contributed by atoms with Crippen molar-refractivity contribution in [1.82, 2.24) is 14.5 Å². The van der Waals surface area contributed by atoms with Gasteiger partial charge in [-0.15, -0.1) is 0 Å². The van der Waals surface area contributed by atoms with Gasteiger partial charge in [0.15, 0.2) is 12.4 Å². The van der Waals surface area contributed by atoms with Gasteiger partial charge >= 0.3 is 11.9 Å². The van der Waals surface area contributed by atoms with E-state index >= 15 is 4.39 Å². The van der Waals surface area contributed by atoms with Gasteiger partial charge in [0.2, 0.25) is 5.28 Å². The molecule has 0 radical (unpaired) electrons. The third-order valence-corrected chi connectivity index (χ3v) is 6.31. The first-order chi connectivity index (χ1) is 18.2. The molecule has 1 aliphatic heterocycles. The molecule has 4 rings (SSSR count). The number of halogens is 2. The number of esters is 2. The molecule has 0 spiro atoms. The number of carbonyl (C=O) groups excluding carboxylic acids is 2. The van der Waals surface area contributed by atoms with E-state index in [9.17, 15) is 14.7 Å². The number of fused-ring (bicyclic) bond motifs is 1. The number of alkyl halides is 1. The van der Waals surface area contributed by atoms with E-state index in [2.05, 4.69) is 9.97 Å². The van der Waals surface area contributed by atoms with Crippen LogP contribution in [-0.4, -0.2) is 75.4 Å². The van der Waals surface area contributed by atoms with Crippen molar-refractivity contribution in [3.05, 3.63) is 53.4 Å². The second kappa shape index (κ2) is 11.6. The lowest BCUT2D eigenvalue weighted by molar-refractivity contribution is -0.197. The predicted octanol–water partition coefficient (Wildman–Crippen LogP) is 2.39. The number of nitrogens with zero attached hydrogens (tertiary/aromatic N) is 3. The van der Waals surface area contributed by atoms with Gasteiger partial charge in [0, 0.05) is 12.6 Å². The zero-order chi connectivity index (χ0) is 27.4. The molecule has 3 aromatic rings. The summed E-state index contributed by atoms with van der Waals surface area (Å²) in [5.74, 6) is -1.84. The summed E-state index contributed by atoms with van der Waals surface area (Å²) in [5, 5.41) is 11.0. The van der Waals surface area contributed by atoms with Crippen LogP contribution < -0.4 is 5.73 Å². The molecule has 3 N–H and O–H groups in total. The van der Waals surface area contributed by atoms with E-state index < -0.39 is 48.8 Å². The second-order valence-corrected chi connectivity index (χ2v) is 8.92. The molecular weight excluding hydrogens is 523 g/mol. The highest BCUT2D eigenvalue weighted by molar-refractivity contribution is 6.28. The summed E-state index contributed by atoms with van der Waals surface area (Å²) in [6.07, 6.45) is -4.89. The summed E-state index contributed by atoms with van der Waals surface area (Å²) < 4.78 is 38.7. The number of ether oxygens (including phenoxy) is 4. The average Bonchev–Trinajstić information content (AvgIpc) is 3.43.